The summed E-state index contributed by atoms with van der Waals surface area (Å²) >= 11 is 0. The van der Waals surface area contributed by atoms with Gasteiger partial charge in [0.15, 0.2) is 0 Å². The van der Waals surface area contributed by atoms with Crippen LogP contribution in [0.2, 0.25) is 0 Å². The van der Waals surface area contributed by atoms with Gasteiger partial charge in [0.2, 0.25) is 10.0 Å². The molecule has 0 heterocycles. The van der Waals surface area contributed by atoms with Gasteiger partial charge in [-0.25, -0.2) is 8.42 Å². The molecule has 0 fully saturated rings. The third kappa shape index (κ3) is 6.75. The first-order valence-corrected chi connectivity index (χ1v) is 12.6. The number of hydrogen-bond donors (Lipinski definition) is 1. The summed E-state index contributed by atoms with van der Waals surface area (Å²) in [6.07, 6.45) is 0. The van der Waals surface area contributed by atoms with Gasteiger partial charge < -0.3 is 0 Å². The van der Waals surface area contributed by atoms with Crippen molar-refractivity contribution in [2.24, 2.45) is 5.92 Å². The van der Waals surface area contributed by atoms with Crippen molar-refractivity contribution in [2.45, 2.75) is 50.8 Å². The summed E-state index contributed by atoms with van der Waals surface area (Å²) in [6.45, 7) is 7.16. The zero-order valence-corrected chi connectivity index (χ0v) is 20.2. The summed E-state index contributed by atoms with van der Waals surface area (Å²) in [6, 6.07) is 27.7. The van der Waals surface area contributed by atoms with Crippen LogP contribution >= 0.6 is 0 Å². The van der Waals surface area contributed by atoms with Gasteiger partial charge in [0.1, 0.15) is 6.04 Å². The van der Waals surface area contributed by atoms with Crippen LogP contribution in [-0.2, 0) is 23.1 Å². The van der Waals surface area contributed by atoms with Gasteiger partial charge >= 0.3 is 0 Å². The van der Waals surface area contributed by atoms with Crippen molar-refractivity contribution in [3.63, 3.8) is 0 Å². The van der Waals surface area contributed by atoms with E-state index in [0.29, 0.717) is 13.1 Å². The van der Waals surface area contributed by atoms with E-state index in [0.717, 1.165) is 16.7 Å². The highest BCUT2D eigenvalue weighted by Gasteiger charge is 2.34. The van der Waals surface area contributed by atoms with Crippen molar-refractivity contribution in [3.8, 4) is 6.07 Å². The molecule has 33 heavy (non-hydrogen) atoms. The van der Waals surface area contributed by atoms with Crippen LogP contribution in [0.5, 0.6) is 0 Å². The molecule has 5 nitrogen and oxygen atoms in total. The van der Waals surface area contributed by atoms with Gasteiger partial charge in [-0.3, -0.25) is 4.90 Å². The van der Waals surface area contributed by atoms with E-state index in [1.807, 2.05) is 81.4 Å². The zero-order chi connectivity index (χ0) is 23.8. The maximum atomic E-state index is 13.1. The van der Waals surface area contributed by atoms with Gasteiger partial charge in [-0.2, -0.15) is 9.98 Å². The molecule has 0 spiro atoms. The van der Waals surface area contributed by atoms with E-state index < -0.39 is 16.1 Å². The lowest BCUT2D eigenvalue weighted by Gasteiger charge is -2.37. The third-order valence-electron chi connectivity index (χ3n) is 5.66. The lowest BCUT2D eigenvalue weighted by Crippen LogP contribution is -2.53. The number of nitrogens with one attached hydrogen (secondary N) is 1. The summed E-state index contributed by atoms with van der Waals surface area (Å²) in [5, 5.41) is 10.1. The lowest BCUT2D eigenvalue weighted by atomic mass is 9.94. The Hall–Kier alpha value is -2.98. The van der Waals surface area contributed by atoms with Gasteiger partial charge in [-0.1, -0.05) is 92.2 Å². The molecule has 1 N–H and O–H groups in total. The van der Waals surface area contributed by atoms with Crippen LogP contribution in [-0.4, -0.2) is 25.4 Å². The predicted molar refractivity (Wildman–Crippen MR) is 132 cm³/mol. The molecule has 2 atom stereocenters. The molecule has 0 aliphatic rings. The Balaban J connectivity index is 1.94. The van der Waals surface area contributed by atoms with E-state index in [1.165, 1.54) is 0 Å². The fourth-order valence-corrected chi connectivity index (χ4v) is 5.20. The molecule has 2 unspecified atom stereocenters. The molecule has 0 saturated heterocycles. The molecule has 3 aromatic rings. The average Bonchev–Trinajstić information content (AvgIpc) is 2.80. The standard InChI is InChI=1S/C27H31N3O2S/c1-21(2)27(26(18-28)29-33(31,32)25-16-14-22(3)15-17-25)30(19-23-10-6-4-7-11-23)20-24-12-8-5-9-13-24/h4-17,21,26-27,29H,19-20H2,1-3H3. The number of hydrogen-bond acceptors (Lipinski definition) is 4. The molecule has 0 radical (unpaired) electrons. The van der Waals surface area contributed by atoms with E-state index in [2.05, 4.69) is 15.7 Å². The molecule has 3 rings (SSSR count). The minimum absolute atomic E-state index is 0.0304. The van der Waals surface area contributed by atoms with Crippen molar-refractivity contribution in [3.05, 3.63) is 102 Å². The van der Waals surface area contributed by atoms with Crippen LogP contribution in [0.25, 0.3) is 0 Å². The minimum Gasteiger partial charge on any atom is -0.289 e. The van der Waals surface area contributed by atoms with E-state index >= 15 is 0 Å². The van der Waals surface area contributed by atoms with E-state index in [4.69, 9.17) is 0 Å². The Kier molecular flexibility index (Phi) is 8.40. The number of nitrogens with zero attached hydrogens (tertiary/aromatic N) is 2. The van der Waals surface area contributed by atoms with Crippen LogP contribution in [0.1, 0.15) is 30.5 Å². The van der Waals surface area contributed by atoms with Gasteiger partial charge in [0.05, 0.1) is 11.0 Å². The first-order valence-electron chi connectivity index (χ1n) is 11.1. The monoisotopic (exact) mass is 461 g/mol. The first kappa shape index (κ1) is 24.7. The minimum atomic E-state index is -3.85. The van der Waals surface area contributed by atoms with Gasteiger partial charge in [-0.15, -0.1) is 0 Å². The van der Waals surface area contributed by atoms with Crippen LogP contribution < -0.4 is 4.72 Å². The number of nitriles is 1. The van der Waals surface area contributed by atoms with Gasteiger partial charge in [-0.05, 0) is 36.1 Å². The van der Waals surface area contributed by atoms with Crippen LogP contribution in [0.3, 0.4) is 0 Å². The van der Waals surface area contributed by atoms with Gasteiger partial charge in [0, 0.05) is 19.1 Å². The highest BCUT2D eigenvalue weighted by molar-refractivity contribution is 7.89. The Bertz CT molecular complexity index is 1110. The van der Waals surface area contributed by atoms with E-state index in [9.17, 15) is 13.7 Å². The Morgan fingerprint density at radius 2 is 1.33 bits per heavy atom. The predicted octanol–water partition coefficient (Wildman–Crippen LogP) is 4.89. The van der Waals surface area contributed by atoms with E-state index in [1.54, 1.807) is 24.3 Å². The fraction of sp³-hybridized carbons (Fsp3) is 0.296. The second-order valence-corrected chi connectivity index (χ2v) is 10.4. The number of benzene rings is 3. The summed E-state index contributed by atoms with van der Waals surface area (Å²) in [7, 11) is -3.85. The molecule has 6 heteroatoms. The van der Waals surface area contributed by atoms with Crippen LogP contribution in [0.4, 0.5) is 0 Å². The van der Waals surface area contributed by atoms with Crippen molar-refractivity contribution >= 4 is 10.0 Å². The lowest BCUT2D eigenvalue weighted by molar-refractivity contribution is 0.123. The molecule has 0 saturated carbocycles. The van der Waals surface area contributed by atoms with Crippen LogP contribution in [0.15, 0.2) is 89.8 Å². The topological polar surface area (TPSA) is 73.2 Å². The molecule has 0 aromatic heterocycles. The quantitative estimate of drug-likeness (QED) is 0.466. The largest absolute Gasteiger partial charge is 0.289 e. The molecule has 0 aliphatic heterocycles. The van der Waals surface area contributed by atoms with Crippen LogP contribution in [0, 0.1) is 24.2 Å². The summed E-state index contributed by atoms with van der Waals surface area (Å²) in [4.78, 5) is 2.36. The molecule has 3 aromatic carbocycles. The number of sulfonamides is 1. The second kappa shape index (κ2) is 11.2. The SMILES string of the molecule is Cc1ccc(S(=O)(=O)NC(C#N)C(C(C)C)N(Cc2ccccc2)Cc2ccccc2)cc1. The fourth-order valence-electron chi connectivity index (χ4n) is 4.04. The third-order valence-corrected chi connectivity index (χ3v) is 7.11. The molecule has 172 valence electrons. The smallest absolute Gasteiger partial charge is 0.241 e. The molecular formula is C27H31N3O2S. The Morgan fingerprint density at radius 3 is 1.76 bits per heavy atom. The second-order valence-electron chi connectivity index (χ2n) is 8.65. The zero-order valence-electron chi connectivity index (χ0n) is 19.3. The van der Waals surface area contributed by atoms with Crippen molar-refractivity contribution in [1.82, 2.24) is 9.62 Å². The van der Waals surface area contributed by atoms with Gasteiger partial charge in [0.25, 0.3) is 0 Å². The maximum Gasteiger partial charge on any atom is 0.241 e. The molecule has 0 aliphatic carbocycles. The number of rotatable bonds is 10. The molecule has 0 bridgehead atoms. The van der Waals surface area contributed by atoms with Crippen molar-refractivity contribution in [1.29, 1.82) is 5.26 Å². The normalized spacial score (nSPS) is 13.6. The van der Waals surface area contributed by atoms with Crippen molar-refractivity contribution in [2.75, 3.05) is 0 Å². The first-order chi connectivity index (χ1) is 15.8. The summed E-state index contributed by atoms with van der Waals surface area (Å²) < 4.78 is 28.9. The van der Waals surface area contributed by atoms with E-state index in [-0.39, 0.29) is 16.9 Å². The Morgan fingerprint density at radius 1 is 0.848 bits per heavy atom. The highest BCUT2D eigenvalue weighted by atomic mass is 32.2. The maximum absolute atomic E-state index is 13.1. The highest BCUT2D eigenvalue weighted by Crippen LogP contribution is 2.23. The average molecular weight is 462 g/mol. The Labute approximate surface area is 197 Å². The van der Waals surface area contributed by atoms with Crippen molar-refractivity contribution < 1.29 is 8.42 Å². The summed E-state index contributed by atoms with van der Waals surface area (Å²) in [5.74, 6) is 0.0304. The summed E-state index contributed by atoms with van der Waals surface area (Å²) in [5.41, 5.74) is 3.19. The molecular weight excluding hydrogens is 430 g/mol. The molecule has 0 amide bonds. The number of aryl methyl sites for hydroxylation is 1.